The van der Waals surface area contributed by atoms with Gasteiger partial charge in [0.25, 0.3) is 5.91 Å². The third-order valence-corrected chi connectivity index (χ3v) is 4.04. The van der Waals surface area contributed by atoms with Crippen LogP contribution < -0.4 is 5.32 Å². The fraction of sp³-hybridized carbons (Fsp3) is 0.750. The number of carbonyl (C=O) groups is 1. The van der Waals surface area contributed by atoms with Crippen LogP contribution in [0.5, 0.6) is 0 Å². The van der Waals surface area contributed by atoms with Crippen LogP contribution in [0, 0.1) is 0 Å². The molecular weight excluding hydrogens is 284 g/mol. The minimum absolute atomic E-state index is 0. The summed E-state index contributed by atoms with van der Waals surface area (Å²) in [7, 11) is 0. The lowest BCUT2D eigenvalue weighted by Crippen LogP contribution is -2.42. The van der Waals surface area contributed by atoms with Crippen LogP contribution in [0.15, 0.2) is 0 Å². The van der Waals surface area contributed by atoms with E-state index in [2.05, 4.69) is 21.8 Å². The predicted molar refractivity (Wildman–Crippen MR) is 79.1 cm³/mol. The number of aryl methyl sites for hydroxylation is 1. The van der Waals surface area contributed by atoms with Gasteiger partial charge in [0, 0.05) is 19.1 Å². The van der Waals surface area contributed by atoms with Gasteiger partial charge in [-0.2, -0.15) is 0 Å². The summed E-state index contributed by atoms with van der Waals surface area (Å²) in [5.74, 6) is 0.109. The second kappa shape index (κ2) is 7.77. The van der Waals surface area contributed by atoms with Gasteiger partial charge in [-0.25, -0.2) is 0 Å². The number of hydrogen-bond donors (Lipinski definition) is 1. The third kappa shape index (κ3) is 3.64. The Bertz CT molecular complexity index is 406. The zero-order valence-corrected chi connectivity index (χ0v) is 13.0. The molecule has 0 aromatic carbocycles. The van der Waals surface area contributed by atoms with Crippen molar-refractivity contribution in [1.82, 2.24) is 19.8 Å². The molecule has 0 bridgehead atoms. The highest BCUT2D eigenvalue weighted by atomic mass is 35.5. The van der Waals surface area contributed by atoms with Gasteiger partial charge in [0.05, 0.1) is 5.69 Å². The predicted octanol–water partition coefficient (Wildman–Crippen LogP) is 1.74. The lowest BCUT2D eigenvalue weighted by molar-refractivity contribution is 0.0696. The van der Waals surface area contributed by atoms with Crippen molar-refractivity contribution in [3.05, 3.63) is 10.6 Å². The first-order valence-electron chi connectivity index (χ1n) is 6.60. The fourth-order valence-electron chi connectivity index (χ4n) is 2.33. The van der Waals surface area contributed by atoms with Crippen molar-refractivity contribution < 1.29 is 4.79 Å². The van der Waals surface area contributed by atoms with Gasteiger partial charge >= 0.3 is 0 Å². The summed E-state index contributed by atoms with van der Waals surface area (Å²) in [6, 6.07) is 0.323. The van der Waals surface area contributed by atoms with E-state index in [-0.39, 0.29) is 18.3 Å². The van der Waals surface area contributed by atoms with Crippen molar-refractivity contribution in [3.63, 3.8) is 0 Å². The van der Waals surface area contributed by atoms with E-state index in [9.17, 15) is 4.79 Å². The number of rotatable bonds is 5. The standard InChI is InChI=1S/C12H20N4OS.ClH/c1-3-7-16(9-5-6-13-8-9)12(17)11-10(4-2)14-15-18-11;/h9,13H,3-8H2,1-2H3;1H. The molecule has 1 saturated heterocycles. The molecule has 1 amide bonds. The van der Waals surface area contributed by atoms with Crippen molar-refractivity contribution in [2.45, 2.75) is 39.2 Å². The molecule has 0 radical (unpaired) electrons. The molecule has 1 N–H and O–H groups in total. The van der Waals surface area contributed by atoms with Crippen LogP contribution in [0.3, 0.4) is 0 Å². The Morgan fingerprint density at radius 3 is 2.89 bits per heavy atom. The number of nitrogens with zero attached hydrogens (tertiary/aromatic N) is 3. The summed E-state index contributed by atoms with van der Waals surface area (Å²) >= 11 is 1.22. The van der Waals surface area contributed by atoms with E-state index >= 15 is 0 Å². The highest BCUT2D eigenvalue weighted by Gasteiger charge is 2.29. The van der Waals surface area contributed by atoms with E-state index < -0.39 is 0 Å². The second-order valence-corrected chi connectivity index (χ2v) is 5.30. The van der Waals surface area contributed by atoms with Crippen LogP contribution in [0.4, 0.5) is 0 Å². The quantitative estimate of drug-likeness (QED) is 0.900. The van der Waals surface area contributed by atoms with E-state index in [0.717, 1.165) is 49.5 Å². The molecule has 1 aromatic rings. The Morgan fingerprint density at radius 1 is 1.53 bits per heavy atom. The molecule has 0 aliphatic carbocycles. The van der Waals surface area contributed by atoms with E-state index in [0.29, 0.717) is 6.04 Å². The smallest absolute Gasteiger partial charge is 0.267 e. The fourth-order valence-corrected chi connectivity index (χ4v) is 3.04. The van der Waals surface area contributed by atoms with Crippen LogP contribution in [0.1, 0.15) is 42.1 Å². The van der Waals surface area contributed by atoms with Crippen LogP contribution >= 0.6 is 23.9 Å². The molecule has 1 fully saturated rings. The Balaban J connectivity index is 0.00000180. The highest BCUT2D eigenvalue weighted by Crippen LogP contribution is 2.18. The Hall–Kier alpha value is -0.720. The Morgan fingerprint density at radius 2 is 2.32 bits per heavy atom. The van der Waals surface area contributed by atoms with Gasteiger partial charge in [0.15, 0.2) is 0 Å². The van der Waals surface area contributed by atoms with Gasteiger partial charge < -0.3 is 10.2 Å². The van der Waals surface area contributed by atoms with Crippen LogP contribution in [-0.4, -0.2) is 46.1 Å². The molecule has 5 nitrogen and oxygen atoms in total. The van der Waals surface area contributed by atoms with Crippen molar-refractivity contribution in [3.8, 4) is 0 Å². The number of aromatic nitrogens is 2. The monoisotopic (exact) mass is 304 g/mol. The van der Waals surface area contributed by atoms with E-state index in [1.54, 1.807) is 0 Å². The first-order valence-corrected chi connectivity index (χ1v) is 7.38. The summed E-state index contributed by atoms with van der Waals surface area (Å²) in [5.41, 5.74) is 0.831. The van der Waals surface area contributed by atoms with Gasteiger partial charge in [-0.3, -0.25) is 4.79 Å². The lowest BCUT2D eigenvalue weighted by Gasteiger charge is -2.27. The van der Waals surface area contributed by atoms with Gasteiger partial charge in [-0.1, -0.05) is 18.3 Å². The van der Waals surface area contributed by atoms with Gasteiger partial charge in [0.2, 0.25) is 0 Å². The van der Waals surface area contributed by atoms with Crippen molar-refractivity contribution in [2.75, 3.05) is 19.6 Å². The first kappa shape index (κ1) is 16.3. The molecule has 2 heterocycles. The van der Waals surface area contributed by atoms with Crippen LogP contribution in [-0.2, 0) is 6.42 Å². The zero-order chi connectivity index (χ0) is 13.0. The summed E-state index contributed by atoms with van der Waals surface area (Å²) in [6.45, 7) is 6.83. The number of halogens is 1. The highest BCUT2D eigenvalue weighted by molar-refractivity contribution is 7.08. The Labute approximate surface area is 124 Å². The molecule has 1 aliphatic heterocycles. The topological polar surface area (TPSA) is 58.1 Å². The maximum absolute atomic E-state index is 12.6. The molecule has 19 heavy (non-hydrogen) atoms. The number of carbonyl (C=O) groups excluding carboxylic acids is 1. The third-order valence-electron chi connectivity index (χ3n) is 3.29. The summed E-state index contributed by atoms with van der Waals surface area (Å²) < 4.78 is 3.91. The lowest BCUT2D eigenvalue weighted by atomic mass is 10.2. The maximum Gasteiger partial charge on any atom is 0.267 e. The number of hydrogen-bond acceptors (Lipinski definition) is 5. The van der Waals surface area contributed by atoms with Gasteiger partial charge in [-0.05, 0) is 37.3 Å². The number of nitrogens with one attached hydrogen (secondary N) is 1. The molecular formula is C12H21ClN4OS. The molecule has 7 heteroatoms. The van der Waals surface area contributed by atoms with Gasteiger partial charge in [0.1, 0.15) is 4.88 Å². The molecule has 1 aliphatic rings. The van der Waals surface area contributed by atoms with E-state index in [4.69, 9.17) is 0 Å². The van der Waals surface area contributed by atoms with Crippen molar-refractivity contribution in [2.24, 2.45) is 0 Å². The molecule has 1 unspecified atom stereocenters. The van der Waals surface area contributed by atoms with Gasteiger partial charge in [-0.15, -0.1) is 17.5 Å². The first-order chi connectivity index (χ1) is 8.77. The molecule has 2 rings (SSSR count). The zero-order valence-electron chi connectivity index (χ0n) is 11.4. The normalized spacial score (nSPS) is 18.1. The maximum atomic E-state index is 12.6. The summed E-state index contributed by atoms with van der Waals surface area (Å²) in [6.07, 6.45) is 2.79. The SMILES string of the molecule is CCCN(C(=O)c1snnc1CC)C1CCNC1.Cl. The average molecular weight is 305 g/mol. The molecule has 0 saturated carbocycles. The Kier molecular flexibility index (Phi) is 6.68. The second-order valence-electron chi connectivity index (χ2n) is 4.55. The molecule has 1 aromatic heterocycles. The van der Waals surface area contributed by atoms with E-state index in [1.165, 1.54) is 11.5 Å². The molecule has 108 valence electrons. The molecule has 1 atom stereocenters. The van der Waals surface area contributed by atoms with Crippen LogP contribution in [0.2, 0.25) is 0 Å². The largest absolute Gasteiger partial charge is 0.334 e. The van der Waals surface area contributed by atoms with Crippen molar-refractivity contribution >= 4 is 29.8 Å². The average Bonchev–Trinajstić information content (AvgIpc) is 3.05. The van der Waals surface area contributed by atoms with Crippen LogP contribution in [0.25, 0.3) is 0 Å². The summed E-state index contributed by atoms with van der Waals surface area (Å²) in [5, 5.41) is 7.35. The summed E-state index contributed by atoms with van der Waals surface area (Å²) in [4.78, 5) is 15.3. The minimum Gasteiger partial charge on any atom is -0.334 e. The molecule has 0 spiro atoms. The van der Waals surface area contributed by atoms with Crippen molar-refractivity contribution in [1.29, 1.82) is 0 Å². The van der Waals surface area contributed by atoms with E-state index in [1.807, 2.05) is 11.8 Å². The minimum atomic E-state index is 0. The number of amides is 1.